The number of hydrogen-bond acceptors (Lipinski definition) is 9. The largest absolute Gasteiger partial charge is 0.497 e. The molecule has 3 N–H and O–H groups in total. The van der Waals surface area contributed by atoms with Gasteiger partial charge < -0.3 is 39.6 Å². The van der Waals surface area contributed by atoms with Crippen molar-refractivity contribution in [3.8, 4) is 11.5 Å². The maximum Gasteiger partial charge on any atom is 0.330 e. The number of aliphatic hydroxyl groups excluding tert-OH is 1. The fourth-order valence-corrected chi connectivity index (χ4v) is 4.76. The van der Waals surface area contributed by atoms with Crippen LogP contribution in [0.3, 0.4) is 0 Å². The van der Waals surface area contributed by atoms with Gasteiger partial charge in [-0.25, -0.2) is 14.5 Å². The van der Waals surface area contributed by atoms with Crippen molar-refractivity contribution in [2.45, 2.75) is 30.6 Å². The van der Waals surface area contributed by atoms with Crippen molar-refractivity contribution in [2.75, 3.05) is 65.7 Å². The van der Waals surface area contributed by atoms with Crippen molar-refractivity contribution in [2.24, 2.45) is 0 Å². The van der Waals surface area contributed by atoms with Crippen molar-refractivity contribution >= 4 is 23.4 Å². The first-order chi connectivity index (χ1) is 18.7. The molecule has 5 unspecified atom stereocenters. The number of carbonyl (C=O) groups excluding carboxylic acids is 2. The molecule has 4 rings (SSSR count). The number of likely N-dealkylation sites (N-methyl/N-ethyl adjacent to an activating group) is 2. The normalized spacial score (nSPS) is 23.9. The van der Waals surface area contributed by atoms with E-state index in [0.29, 0.717) is 29.4 Å². The van der Waals surface area contributed by atoms with Crippen LogP contribution in [0.25, 0.3) is 0 Å². The molecule has 39 heavy (non-hydrogen) atoms. The van der Waals surface area contributed by atoms with Gasteiger partial charge in [-0.15, -0.1) is 0 Å². The third-order valence-electron chi connectivity index (χ3n) is 6.92. The number of ether oxygens (including phenoxy) is 4. The Bertz CT molecular complexity index is 1050. The van der Waals surface area contributed by atoms with Crippen LogP contribution in [-0.2, 0) is 9.47 Å². The van der Waals surface area contributed by atoms with Crippen LogP contribution in [-0.4, -0.2) is 118 Å². The van der Waals surface area contributed by atoms with Crippen molar-refractivity contribution in [3.05, 3.63) is 48.5 Å². The highest BCUT2D eigenvalue weighted by Gasteiger charge is 2.55. The van der Waals surface area contributed by atoms with Gasteiger partial charge in [-0.1, -0.05) is 0 Å². The summed E-state index contributed by atoms with van der Waals surface area (Å²) < 4.78 is 22.3. The Hall–Kier alpha value is -3.42. The predicted octanol–water partition coefficient (Wildman–Crippen LogP) is 2.12. The van der Waals surface area contributed by atoms with Crippen LogP contribution in [0.4, 0.5) is 21.0 Å². The average molecular weight is 544 g/mol. The van der Waals surface area contributed by atoms with E-state index in [4.69, 9.17) is 18.9 Å². The molecule has 0 aliphatic carbocycles. The molecule has 0 radical (unpaired) electrons. The molecule has 2 aliphatic rings. The Morgan fingerprint density at radius 1 is 0.872 bits per heavy atom. The predicted molar refractivity (Wildman–Crippen MR) is 145 cm³/mol. The second kappa shape index (κ2) is 12.6. The van der Waals surface area contributed by atoms with E-state index in [-0.39, 0.29) is 6.61 Å². The van der Waals surface area contributed by atoms with Gasteiger partial charge >= 0.3 is 12.1 Å². The minimum atomic E-state index is -1.13. The number of methoxy groups -OCH3 is 2. The number of amides is 4. The zero-order chi connectivity index (χ0) is 28.1. The third-order valence-corrected chi connectivity index (χ3v) is 6.92. The average Bonchev–Trinajstić information content (AvgIpc) is 3.35. The van der Waals surface area contributed by atoms with Gasteiger partial charge in [-0.2, -0.15) is 0 Å². The summed E-state index contributed by atoms with van der Waals surface area (Å²) in [7, 11) is 8.87. The van der Waals surface area contributed by atoms with Crippen LogP contribution in [0.5, 0.6) is 11.5 Å². The number of fused-ring (bicyclic) bond motifs is 2. The first-order valence-corrected chi connectivity index (χ1v) is 12.7. The Kier molecular flexibility index (Phi) is 9.25. The highest BCUT2D eigenvalue weighted by atomic mass is 16.7. The molecular weight excluding hydrogens is 506 g/mol. The van der Waals surface area contributed by atoms with Gasteiger partial charge in [0.25, 0.3) is 0 Å². The Labute approximate surface area is 228 Å². The van der Waals surface area contributed by atoms with Crippen molar-refractivity contribution < 1.29 is 33.6 Å². The van der Waals surface area contributed by atoms with Gasteiger partial charge in [0.1, 0.15) is 17.6 Å². The number of imide groups is 1. The second-order valence-corrected chi connectivity index (χ2v) is 9.82. The summed E-state index contributed by atoms with van der Waals surface area (Å²) in [5.41, 5.74) is 0.906. The fraction of sp³-hybridized carbons (Fsp3) is 0.481. The molecule has 2 bridgehead atoms. The summed E-state index contributed by atoms with van der Waals surface area (Å²) in [5.74, 6) is 1.24. The van der Waals surface area contributed by atoms with Gasteiger partial charge in [-0.05, 0) is 69.7 Å². The van der Waals surface area contributed by atoms with E-state index < -0.39 is 42.6 Å². The molecule has 2 heterocycles. The lowest BCUT2D eigenvalue weighted by atomic mass is 9.94. The quantitative estimate of drug-likeness (QED) is 0.436. The number of anilines is 2. The molecule has 0 aromatic heterocycles. The van der Waals surface area contributed by atoms with E-state index in [9.17, 15) is 14.7 Å². The van der Waals surface area contributed by atoms with Gasteiger partial charge in [0, 0.05) is 24.5 Å². The van der Waals surface area contributed by atoms with Crippen LogP contribution in [0.2, 0.25) is 0 Å². The molecule has 212 valence electrons. The molecule has 2 fully saturated rings. The first-order valence-electron chi connectivity index (χ1n) is 12.7. The number of benzene rings is 2. The minimum Gasteiger partial charge on any atom is -0.497 e. The number of nitrogens with one attached hydrogen (secondary N) is 2. The molecule has 2 aliphatic heterocycles. The van der Waals surface area contributed by atoms with Gasteiger partial charge in [0.05, 0.1) is 39.0 Å². The monoisotopic (exact) mass is 543 g/mol. The van der Waals surface area contributed by atoms with Crippen molar-refractivity contribution in [1.29, 1.82) is 0 Å². The third kappa shape index (κ3) is 6.60. The molecule has 0 spiro atoms. The van der Waals surface area contributed by atoms with Crippen LogP contribution in [0.15, 0.2) is 48.5 Å². The van der Waals surface area contributed by atoms with E-state index >= 15 is 0 Å². The number of urea groups is 2. The summed E-state index contributed by atoms with van der Waals surface area (Å²) in [6.07, 6.45) is -2.51. The van der Waals surface area contributed by atoms with Gasteiger partial charge in [0.2, 0.25) is 0 Å². The van der Waals surface area contributed by atoms with Crippen LogP contribution < -0.4 is 20.1 Å². The van der Waals surface area contributed by atoms with E-state index in [1.807, 2.05) is 30.9 Å². The van der Waals surface area contributed by atoms with Crippen LogP contribution in [0.1, 0.15) is 0 Å². The molecule has 2 aromatic rings. The summed E-state index contributed by atoms with van der Waals surface area (Å²) in [4.78, 5) is 32.3. The topological polar surface area (TPSA) is 125 Å². The van der Waals surface area contributed by atoms with E-state index in [1.54, 1.807) is 62.8 Å². The standard InChI is InChI=1S/C27H37N5O7/c1-30(2)14-15-31(3)23-24(33)22(21-16-38-25(23)39-21)32(26(34)28-17-6-10-19(36-4)11-7-17)27(35)29-18-8-12-20(37-5)13-9-18/h6-13,21-25,33H,14-16H2,1-5H3,(H,28,34)(H,29,35). The summed E-state index contributed by atoms with van der Waals surface area (Å²) in [6.45, 7) is 1.48. The maximum atomic E-state index is 13.7. The second-order valence-electron chi connectivity index (χ2n) is 9.82. The van der Waals surface area contributed by atoms with Crippen molar-refractivity contribution in [1.82, 2.24) is 14.7 Å². The molecule has 12 heteroatoms. The lowest BCUT2D eigenvalue weighted by Gasteiger charge is -2.45. The van der Waals surface area contributed by atoms with E-state index in [1.165, 1.54) is 0 Å². The Morgan fingerprint density at radius 2 is 1.38 bits per heavy atom. The molecule has 12 nitrogen and oxygen atoms in total. The zero-order valence-electron chi connectivity index (χ0n) is 22.9. The lowest BCUT2D eigenvalue weighted by Crippen LogP contribution is -2.67. The van der Waals surface area contributed by atoms with Crippen molar-refractivity contribution in [3.63, 3.8) is 0 Å². The minimum absolute atomic E-state index is 0.131. The highest BCUT2D eigenvalue weighted by molar-refractivity contribution is 6.05. The fourth-order valence-electron chi connectivity index (χ4n) is 4.76. The molecule has 4 amide bonds. The van der Waals surface area contributed by atoms with Gasteiger partial charge in [0.15, 0.2) is 6.29 Å². The van der Waals surface area contributed by atoms with Gasteiger partial charge in [-0.3, -0.25) is 4.90 Å². The van der Waals surface area contributed by atoms with Crippen LogP contribution >= 0.6 is 0 Å². The molecule has 2 aromatic carbocycles. The number of hydrogen-bond donors (Lipinski definition) is 3. The summed E-state index contributed by atoms with van der Waals surface area (Å²) in [6, 6.07) is 10.4. The smallest absolute Gasteiger partial charge is 0.330 e. The Morgan fingerprint density at radius 3 is 1.85 bits per heavy atom. The first kappa shape index (κ1) is 28.6. The number of aliphatic hydroxyl groups is 1. The van der Waals surface area contributed by atoms with Crippen LogP contribution in [0, 0.1) is 0 Å². The summed E-state index contributed by atoms with van der Waals surface area (Å²) in [5, 5.41) is 17.2. The summed E-state index contributed by atoms with van der Waals surface area (Å²) >= 11 is 0. The van der Waals surface area contributed by atoms with E-state index in [0.717, 1.165) is 11.4 Å². The number of carbonyl (C=O) groups is 2. The lowest BCUT2D eigenvalue weighted by molar-refractivity contribution is -0.186. The SMILES string of the molecule is COc1ccc(NC(=O)N(C(=O)Nc2ccc(OC)cc2)C2C3COC(O3)C(N(C)CCN(C)C)C2O)cc1. The highest BCUT2D eigenvalue weighted by Crippen LogP contribution is 2.34. The number of nitrogens with zero attached hydrogens (tertiary/aromatic N) is 3. The number of rotatable bonds is 9. The molecule has 0 saturated carbocycles. The molecular formula is C27H37N5O7. The zero-order valence-corrected chi connectivity index (χ0v) is 22.9. The van der Waals surface area contributed by atoms with E-state index in [2.05, 4.69) is 10.6 Å². The molecule has 2 saturated heterocycles. The Balaban J connectivity index is 1.62. The molecule has 5 atom stereocenters. The maximum absolute atomic E-state index is 13.7.